The molecule has 0 atom stereocenters. The number of hydrogen-bond acceptors (Lipinski definition) is 0. The Balaban J connectivity index is 1.54. The summed E-state index contributed by atoms with van der Waals surface area (Å²) in [7, 11) is 0. The first-order valence-corrected chi connectivity index (χ1v) is 12.7. The van der Waals surface area contributed by atoms with Gasteiger partial charge in [-0.3, -0.25) is 0 Å². The molecule has 36 heavy (non-hydrogen) atoms. The molecular weight excluding hydrogens is 432 g/mol. The summed E-state index contributed by atoms with van der Waals surface area (Å²) >= 11 is 0. The lowest BCUT2D eigenvalue weighted by Crippen LogP contribution is -2.35. The average Bonchev–Trinajstić information content (AvgIpc) is 2.97. The predicted molar refractivity (Wildman–Crippen MR) is 151 cm³/mol. The van der Waals surface area contributed by atoms with Crippen LogP contribution in [0.15, 0.2) is 146 Å². The highest BCUT2D eigenvalue weighted by atomic mass is 14.4. The van der Waals surface area contributed by atoms with E-state index in [1.54, 1.807) is 0 Å². The van der Waals surface area contributed by atoms with Crippen molar-refractivity contribution in [3.05, 3.63) is 168 Å². The highest BCUT2D eigenvalue weighted by Gasteiger charge is 2.42. The van der Waals surface area contributed by atoms with Crippen molar-refractivity contribution in [3.63, 3.8) is 0 Å². The maximum absolute atomic E-state index is 2.45. The monoisotopic (exact) mass is 458 g/mol. The summed E-state index contributed by atoms with van der Waals surface area (Å²) in [6.45, 7) is 0. The SMILES string of the molecule is c1ccc(C2(c3ccccc3)Cc3ccccc3-c3ccc(-c4ccc5ccccc5c4)cc32)cc1. The second kappa shape index (κ2) is 8.36. The van der Waals surface area contributed by atoms with Crippen LogP contribution in [0.3, 0.4) is 0 Å². The maximum atomic E-state index is 2.45. The zero-order chi connectivity index (χ0) is 24.0. The van der Waals surface area contributed by atoms with Gasteiger partial charge in [0.05, 0.1) is 0 Å². The molecule has 0 heteroatoms. The maximum Gasteiger partial charge on any atom is 0.0498 e. The van der Waals surface area contributed by atoms with E-state index in [0.29, 0.717) is 0 Å². The van der Waals surface area contributed by atoms with Gasteiger partial charge in [0.25, 0.3) is 0 Å². The van der Waals surface area contributed by atoms with Crippen LogP contribution in [0.1, 0.15) is 22.3 Å². The largest absolute Gasteiger partial charge is 0.0622 e. The van der Waals surface area contributed by atoms with Crippen LogP contribution in [0, 0.1) is 0 Å². The van der Waals surface area contributed by atoms with Gasteiger partial charge in [0, 0.05) is 5.41 Å². The Kier molecular flexibility index (Phi) is 4.85. The molecule has 0 saturated heterocycles. The number of rotatable bonds is 3. The first-order valence-electron chi connectivity index (χ1n) is 12.7. The molecule has 0 bridgehead atoms. The fraction of sp³-hybridized carbons (Fsp3) is 0.0556. The van der Waals surface area contributed by atoms with Gasteiger partial charge < -0.3 is 0 Å². The van der Waals surface area contributed by atoms with Gasteiger partial charge in [0.1, 0.15) is 0 Å². The lowest BCUT2D eigenvalue weighted by Gasteiger charge is -2.41. The zero-order valence-corrected chi connectivity index (χ0v) is 20.1. The van der Waals surface area contributed by atoms with Crippen molar-refractivity contribution in [1.29, 1.82) is 0 Å². The minimum atomic E-state index is -0.265. The molecule has 0 spiro atoms. The first-order chi connectivity index (χ1) is 17.8. The van der Waals surface area contributed by atoms with Crippen LogP contribution >= 0.6 is 0 Å². The van der Waals surface area contributed by atoms with Crippen molar-refractivity contribution >= 4 is 10.8 Å². The van der Waals surface area contributed by atoms with E-state index < -0.39 is 0 Å². The Morgan fingerprint density at radius 3 is 1.75 bits per heavy atom. The van der Waals surface area contributed by atoms with E-state index in [1.807, 2.05) is 0 Å². The van der Waals surface area contributed by atoms with Crippen molar-refractivity contribution in [2.45, 2.75) is 11.8 Å². The third-order valence-electron chi connectivity index (χ3n) is 7.86. The Labute approximate surface area is 212 Å². The van der Waals surface area contributed by atoms with E-state index in [2.05, 4.69) is 146 Å². The predicted octanol–water partition coefficient (Wildman–Crippen LogP) is 9.06. The van der Waals surface area contributed by atoms with Crippen LogP contribution in [0.4, 0.5) is 0 Å². The normalized spacial score (nSPS) is 13.7. The number of benzene rings is 6. The summed E-state index contributed by atoms with van der Waals surface area (Å²) in [6, 6.07) is 53.6. The molecule has 0 aromatic heterocycles. The van der Waals surface area contributed by atoms with Crippen molar-refractivity contribution in [3.8, 4) is 22.3 Å². The second-order valence-corrected chi connectivity index (χ2v) is 9.79. The van der Waals surface area contributed by atoms with Crippen LogP contribution in [0.5, 0.6) is 0 Å². The van der Waals surface area contributed by atoms with Crippen molar-refractivity contribution in [2.75, 3.05) is 0 Å². The van der Waals surface area contributed by atoms with Gasteiger partial charge in [-0.2, -0.15) is 0 Å². The van der Waals surface area contributed by atoms with Crippen LogP contribution in [0.2, 0.25) is 0 Å². The molecule has 0 amide bonds. The summed E-state index contributed by atoms with van der Waals surface area (Å²) in [4.78, 5) is 0. The summed E-state index contributed by atoms with van der Waals surface area (Å²) in [5, 5.41) is 2.55. The molecule has 0 nitrogen and oxygen atoms in total. The molecule has 0 heterocycles. The molecule has 170 valence electrons. The Hall–Kier alpha value is -4.42. The molecule has 6 aromatic rings. The number of hydrogen-bond donors (Lipinski definition) is 0. The Morgan fingerprint density at radius 1 is 0.417 bits per heavy atom. The van der Waals surface area contributed by atoms with Crippen LogP contribution in [-0.2, 0) is 11.8 Å². The van der Waals surface area contributed by atoms with Gasteiger partial charge in [0.2, 0.25) is 0 Å². The number of fused-ring (bicyclic) bond motifs is 4. The van der Waals surface area contributed by atoms with Gasteiger partial charge in [-0.05, 0) is 73.8 Å². The minimum absolute atomic E-state index is 0.265. The molecule has 0 aliphatic heterocycles. The fourth-order valence-corrected chi connectivity index (χ4v) is 6.13. The molecule has 0 fully saturated rings. The molecule has 1 aliphatic carbocycles. The van der Waals surface area contributed by atoms with Gasteiger partial charge in [-0.1, -0.05) is 133 Å². The quantitative estimate of drug-likeness (QED) is 0.248. The summed E-state index contributed by atoms with van der Waals surface area (Å²) in [5.41, 5.74) is 10.4. The van der Waals surface area contributed by atoms with E-state index >= 15 is 0 Å². The van der Waals surface area contributed by atoms with Gasteiger partial charge in [0.15, 0.2) is 0 Å². The van der Waals surface area contributed by atoms with E-state index in [9.17, 15) is 0 Å². The van der Waals surface area contributed by atoms with E-state index in [1.165, 1.54) is 55.3 Å². The van der Waals surface area contributed by atoms with Crippen molar-refractivity contribution in [2.24, 2.45) is 0 Å². The minimum Gasteiger partial charge on any atom is -0.0622 e. The average molecular weight is 459 g/mol. The Bertz CT molecular complexity index is 1650. The smallest absolute Gasteiger partial charge is 0.0498 e. The van der Waals surface area contributed by atoms with Crippen LogP contribution < -0.4 is 0 Å². The second-order valence-electron chi connectivity index (χ2n) is 9.79. The molecule has 0 radical (unpaired) electrons. The van der Waals surface area contributed by atoms with Gasteiger partial charge >= 0.3 is 0 Å². The third-order valence-corrected chi connectivity index (χ3v) is 7.86. The lowest BCUT2D eigenvalue weighted by atomic mass is 9.60. The summed E-state index contributed by atoms with van der Waals surface area (Å²) < 4.78 is 0. The van der Waals surface area contributed by atoms with Gasteiger partial charge in [-0.15, -0.1) is 0 Å². The van der Waals surface area contributed by atoms with Crippen molar-refractivity contribution < 1.29 is 0 Å². The lowest BCUT2D eigenvalue weighted by molar-refractivity contribution is 0.606. The third kappa shape index (κ3) is 3.22. The van der Waals surface area contributed by atoms with Crippen molar-refractivity contribution in [1.82, 2.24) is 0 Å². The highest BCUT2D eigenvalue weighted by molar-refractivity contribution is 5.88. The van der Waals surface area contributed by atoms with Crippen LogP contribution in [0.25, 0.3) is 33.0 Å². The molecular formula is C36H26. The van der Waals surface area contributed by atoms with Crippen LogP contribution in [-0.4, -0.2) is 0 Å². The standard InChI is InChI=1S/C36H26/c1-3-14-31(15-4-1)36(32-16-5-2-6-17-32)25-30-13-9-10-18-33(30)34-22-21-29(24-35(34)36)28-20-19-26-11-7-8-12-27(26)23-28/h1-24H,25H2. The molecule has 7 rings (SSSR count). The van der Waals surface area contributed by atoms with E-state index in [4.69, 9.17) is 0 Å². The molecule has 0 saturated carbocycles. The first kappa shape index (κ1) is 20.9. The Morgan fingerprint density at radius 2 is 1.00 bits per heavy atom. The molecule has 0 unspecified atom stereocenters. The van der Waals surface area contributed by atoms with Gasteiger partial charge in [-0.25, -0.2) is 0 Å². The highest BCUT2D eigenvalue weighted by Crippen LogP contribution is 2.51. The summed E-state index contributed by atoms with van der Waals surface area (Å²) in [5.74, 6) is 0. The molecule has 0 N–H and O–H groups in total. The summed E-state index contributed by atoms with van der Waals surface area (Å²) in [6.07, 6.45) is 0.936. The van der Waals surface area contributed by atoms with E-state index in [0.717, 1.165) is 6.42 Å². The molecule has 1 aliphatic rings. The fourth-order valence-electron chi connectivity index (χ4n) is 6.13. The van der Waals surface area contributed by atoms with E-state index in [-0.39, 0.29) is 5.41 Å². The topological polar surface area (TPSA) is 0 Å². The molecule has 6 aromatic carbocycles. The zero-order valence-electron chi connectivity index (χ0n) is 20.1.